The van der Waals surface area contributed by atoms with Crippen LogP contribution in [-0.2, 0) is 0 Å². The number of anilines is 1. The van der Waals surface area contributed by atoms with E-state index in [1.54, 1.807) is 6.07 Å². The van der Waals surface area contributed by atoms with Crippen molar-refractivity contribution in [2.75, 3.05) is 19.0 Å². The minimum Gasteiger partial charge on any atom is -0.457 e. The van der Waals surface area contributed by atoms with E-state index in [2.05, 4.69) is 0 Å². The van der Waals surface area contributed by atoms with Gasteiger partial charge in [0, 0.05) is 32.3 Å². The molecular weight excluding hydrogens is 250 g/mol. The van der Waals surface area contributed by atoms with Crippen LogP contribution in [0.3, 0.4) is 0 Å². The molecule has 0 aliphatic carbocycles. The largest absolute Gasteiger partial charge is 0.457 e. The first kappa shape index (κ1) is 14.1. The number of nitrogens with zero attached hydrogens (tertiary/aromatic N) is 1. The van der Waals surface area contributed by atoms with E-state index in [1.165, 1.54) is 0 Å². The average Bonchev–Trinajstić information content (AvgIpc) is 2.47. The molecule has 0 unspecified atom stereocenters. The molecule has 0 saturated heterocycles. The molecule has 0 heterocycles. The van der Waals surface area contributed by atoms with Crippen molar-refractivity contribution in [2.24, 2.45) is 0 Å². The van der Waals surface area contributed by atoms with E-state index in [4.69, 9.17) is 4.74 Å². The zero-order valence-electron chi connectivity index (χ0n) is 12.1. The van der Waals surface area contributed by atoms with Crippen LogP contribution in [-0.4, -0.2) is 19.9 Å². The van der Waals surface area contributed by atoms with Crippen molar-refractivity contribution in [1.82, 2.24) is 0 Å². The van der Waals surface area contributed by atoms with E-state index in [0.29, 0.717) is 17.7 Å². The van der Waals surface area contributed by atoms with E-state index in [1.807, 2.05) is 68.4 Å². The number of carbonyl (C=O) groups excluding carboxylic acids is 1. The predicted molar refractivity (Wildman–Crippen MR) is 81.9 cm³/mol. The molecule has 3 heteroatoms. The molecule has 0 saturated carbocycles. The number of rotatable bonds is 5. The van der Waals surface area contributed by atoms with Crippen molar-refractivity contribution >= 4 is 11.5 Å². The molecule has 104 valence electrons. The van der Waals surface area contributed by atoms with Crippen molar-refractivity contribution < 1.29 is 9.53 Å². The highest BCUT2D eigenvalue weighted by molar-refractivity contribution is 5.98. The van der Waals surface area contributed by atoms with Gasteiger partial charge in [-0.3, -0.25) is 4.79 Å². The average molecular weight is 269 g/mol. The lowest BCUT2D eigenvalue weighted by Crippen LogP contribution is -2.08. The summed E-state index contributed by atoms with van der Waals surface area (Å²) >= 11 is 0. The van der Waals surface area contributed by atoms with Gasteiger partial charge >= 0.3 is 0 Å². The zero-order chi connectivity index (χ0) is 14.5. The standard InChI is InChI=1S/C17H19NO2/c1-4-16(19)15-10-5-6-11-17(15)20-14-9-7-8-13(12-14)18(2)3/h5-12H,4H2,1-3H3. The topological polar surface area (TPSA) is 29.5 Å². The maximum absolute atomic E-state index is 11.9. The molecule has 2 aromatic rings. The van der Waals surface area contributed by atoms with Crippen LogP contribution in [0.5, 0.6) is 11.5 Å². The molecule has 3 nitrogen and oxygen atoms in total. The SMILES string of the molecule is CCC(=O)c1ccccc1Oc1cccc(N(C)C)c1. The number of benzene rings is 2. The number of ether oxygens (including phenoxy) is 1. The first-order valence-electron chi connectivity index (χ1n) is 6.69. The molecular formula is C17H19NO2. The second kappa shape index (κ2) is 6.24. The number of para-hydroxylation sites is 1. The Morgan fingerprint density at radius 2 is 1.85 bits per heavy atom. The van der Waals surface area contributed by atoms with E-state index in [9.17, 15) is 4.79 Å². The lowest BCUT2D eigenvalue weighted by molar-refractivity contribution is 0.0986. The molecule has 0 radical (unpaired) electrons. The van der Waals surface area contributed by atoms with Gasteiger partial charge in [0.1, 0.15) is 11.5 Å². The van der Waals surface area contributed by atoms with E-state index in [-0.39, 0.29) is 5.78 Å². The summed E-state index contributed by atoms with van der Waals surface area (Å²) in [7, 11) is 3.96. The molecule has 0 amide bonds. The molecule has 0 aliphatic rings. The lowest BCUT2D eigenvalue weighted by atomic mass is 10.1. The number of carbonyl (C=O) groups is 1. The predicted octanol–water partition coefficient (Wildman–Crippen LogP) is 4.14. The Kier molecular flexibility index (Phi) is 4.41. The Balaban J connectivity index is 2.30. The monoisotopic (exact) mass is 269 g/mol. The van der Waals surface area contributed by atoms with Crippen molar-refractivity contribution in [3.8, 4) is 11.5 Å². The number of hydrogen-bond acceptors (Lipinski definition) is 3. The van der Waals surface area contributed by atoms with Crippen LogP contribution in [0.4, 0.5) is 5.69 Å². The number of Topliss-reactive ketones (excluding diaryl/α,β-unsaturated/α-hetero) is 1. The Morgan fingerprint density at radius 3 is 2.55 bits per heavy atom. The molecule has 0 aliphatic heterocycles. The second-order valence-corrected chi connectivity index (χ2v) is 4.77. The maximum Gasteiger partial charge on any atom is 0.166 e. The molecule has 0 spiro atoms. The first-order valence-corrected chi connectivity index (χ1v) is 6.69. The van der Waals surface area contributed by atoms with Gasteiger partial charge in [0.2, 0.25) is 0 Å². The highest BCUT2D eigenvalue weighted by Crippen LogP contribution is 2.28. The Morgan fingerprint density at radius 1 is 1.10 bits per heavy atom. The fourth-order valence-corrected chi connectivity index (χ4v) is 1.93. The first-order chi connectivity index (χ1) is 9.61. The van der Waals surface area contributed by atoms with Gasteiger partial charge < -0.3 is 9.64 Å². The molecule has 20 heavy (non-hydrogen) atoms. The summed E-state index contributed by atoms with van der Waals surface area (Å²) in [5.74, 6) is 1.42. The summed E-state index contributed by atoms with van der Waals surface area (Å²) in [6.07, 6.45) is 0.470. The van der Waals surface area contributed by atoms with Crippen LogP contribution in [0.15, 0.2) is 48.5 Å². The van der Waals surface area contributed by atoms with E-state index in [0.717, 1.165) is 11.4 Å². The number of ketones is 1. The third kappa shape index (κ3) is 3.18. The van der Waals surface area contributed by atoms with Gasteiger partial charge in [-0.05, 0) is 24.3 Å². The summed E-state index contributed by atoms with van der Waals surface area (Å²) < 4.78 is 5.88. The van der Waals surface area contributed by atoms with Gasteiger partial charge in [-0.25, -0.2) is 0 Å². The van der Waals surface area contributed by atoms with Gasteiger partial charge in [-0.2, -0.15) is 0 Å². The summed E-state index contributed by atoms with van der Waals surface area (Å²) in [6.45, 7) is 1.85. The third-order valence-corrected chi connectivity index (χ3v) is 3.07. The van der Waals surface area contributed by atoms with Gasteiger partial charge in [-0.1, -0.05) is 25.1 Å². The van der Waals surface area contributed by atoms with Gasteiger partial charge in [0.25, 0.3) is 0 Å². The third-order valence-electron chi connectivity index (χ3n) is 3.07. The molecule has 0 aromatic heterocycles. The molecule has 2 rings (SSSR count). The Bertz CT molecular complexity index is 605. The molecule has 0 fully saturated rings. The van der Waals surface area contributed by atoms with Crippen molar-refractivity contribution in [1.29, 1.82) is 0 Å². The fourth-order valence-electron chi connectivity index (χ4n) is 1.93. The van der Waals surface area contributed by atoms with Crippen LogP contribution in [0, 0.1) is 0 Å². The van der Waals surface area contributed by atoms with Gasteiger partial charge in [-0.15, -0.1) is 0 Å². The van der Waals surface area contributed by atoms with Crippen molar-refractivity contribution in [3.05, 3.63) is 54.1 Å². The summed E-state index contributed by atoms with van der Waals surface area (Å²) in [5.41, 5.74) is 1.69. The minimum atomic E-state index is 0.0874. The highest BCUT2D eigenvalue weighted by atomic mass is 16.5. The zero-order valence-corrected chi connectivity index (χ0v) is 12.1. The van der Waals surface area contributed by atoms with Crippen molar-refractivity contribution in [3.63, 3.8) is 0 Å². The molecule has 0 N–H and O–H groups in total. The Labute approximate surface area is 119 Å². The van der Waals surface area contributed by atoms with Crippen molar-refractivity contribution in [2.45, 2.75) is 13.3 Å². The van der Waals surface area contributed by atoms with E-state index < -0.39 is 0 Å². The van der Waals surface area contributed by atoms with Crippen LogP contribution in [0.1, 0.15) is 23.7 Å². The van der Waals surface area contributed by atoms with Gasteiger partial charge in [0.05, 0.1) is 5.56 Å². The van der Waals surface area contributed by atoms with E-state index >= 15 is 0 Å². The summed E-state index contributed by atoms with van der Waals surface area (Å²) in [6, 6.07) is 15.1. The Hall–Kier alpha value is -2.29. The quantitative estimate of drug-likeness (QED) is 0.764. The second-order valence-electron chi connectivity index (χ2n) is 4.77. The summed E-state index contributed by atoms with van der Waals surface area (Å²) in [4.78, 5) is 13.9. The van der Waals surface area contributed by atoms with Crippen LogP contribution < -0.4 is 9.64 Å². The lowest BCUT2D eigenvalue weighted by Gasteiger charge is -2.15. The fraction of sp³-hybridized carbons (Fsp3) is 0.235. The smallest absolute Gasteiger partial charge is 0.166 e. The van der Waals surface area contributed by atoms with Crippen LogP contribution in [0.25, 0.3) is 0 Å². The molecule has 2 aromatic carbocycles. The molecule has 0 bridgehead atoms. The van der Waals surface area contributed by atoms with Crippen LogP contribution >= 0.6 is 0 Å². The molecule has 0 atom stereocenters. The minimum absolute atomic E-state index is 0.0874. The maximum atomic E-state index is 11.9. The highest BCUT2D eigenvalue weighted by Gasteiger charge is 2.11. The summed E-state index contributed by atoms with van der Waals surface area (Å²) in [5, 5.41) is 0. The normalized spacial score (nSPS) is 10.2. The number of hydrogen-bond donors (Lipinski definition) is 0. The van der Waals surface area contributed by atoms with Crippen LogP contribution in [0.2, 0.25) is 0 Å². The van der Waals surface area contributed by atoms with Gasteiger partial charge in [0.15, 0.2) is 5.78 Å².